The standard InChI is InChI=1S/C15H13Br2ClO/c1-8-5-12(14(18)6-9(8)2)15(19)11-7-10(16)3-4-13(11)17/h3-7,15,19H,1-2H3. The summed E-state index contributed by atoms with van der Waals surface area (Å²) in [5, 5.41) is 11.1. The van der Waals surface area contributed by atoms with Crippen molar-refractivity contribution in [3.8, 4) is 0 Å². The van der Waals surface area contributed by atoms with Crippen LogP contribution in [0.4, 0.5) is 0 Å². The minimum Gasteiger partial charge on any atom is -0.384 e. The fraction of sp³-hybridized carbons (Fsp3) is 0.200. The summed E-state index contributed by atoms with van der Waals surface area (Å²) in [5.74, 6) is 0. The maximum Gasteiger partial charge on any atom is 0.107 e. The Hall–Kier alpha value is -0.350. The minimum atomic E-state index is -0.751. The van der Waals surface area contributed by atoms with Gasteiger partial charge >= 0.3 is 0 Å². The molecule has 19 heavy (non-hydrogen) atoms. The number of aliphatic hydroxyl groups is 1. The average Bonchev–Trinajstić information content (AvgIpc) is 2.36. The van der Waals surface area contributed by atoms with Gasteiger partial charge in [0.15, 0.2) is 0 Å². The lowest BCUT2D eigenvalue weighted by molar-refractivity contribution is 0.219. The van der Waals surface area contributed by atoms with Crippen LogP contribution < -0.4 is 0 Å². The molecule has 0 saturated carbocycles. The second-order valence-electron chi connectivity index (χ2n) is 4.53. The van der Waals surface area contributed by atoms with Gasteiger partial charge in [-0.05, 0) is 49.2 Å². The first kappa shape index (κ1) is 15.0. The predicted octanol–water partition coefficient (Wildman–Crippen LogP) is 5.56. The second-order valence-corrected chi connectivity index (χ2v) is 6.70. The van der Waals surface area contributed by atoms with Gasteiger partial charge in [-0.3, -0.25) is 0 Å². The zero-order valence-electron chi connectivity index (χ0n) is 10.5. The summed E-state index contributed by atoms with van der Waals surface area (Å²) < 4.78 is 1.78. The van der Waals surface area contributed by atoms with Gasteiger partial charge in [0.2, 0.25) is 0 Å². The van der Waals surface area contributed by atoms with E-state index in [1.54, 1.807) is 0 Å². The molecule has 100 valence electrons. The van der Waals surface area contributed by atoms with Crippen LogP contribution in [0.2, 0.25) is 5.02 Å². The highest BCUT2D eigenvalue weighted by atomic mass is 79.9. The first-order chi connectivity index (χ1) is 8.90. The smallest absolute Gasteiger partial charge is 0.107 e. The van der Waals surface area contributed by atoms with E-state index in [-0.39, 0.29) is 0 Å². The van der Waals surface area contributed by atoms with Crippen molar-refractivity contribution in [1.29, 1.82) is 0 Å². The summed E-state index contributed by atoms with van der Waals surface area (Å²) in [6.45, 7) is 4.02. The molecule has 2 aromatic rings. The molecule has 0 radical (unpaired) electrons. The number of hydrogen-bond donors (Lipinski definition) is 1. The molecule has 0 bridgehead atoms. The Morgan fingerprint density at radius 3 is 2.32 bits per heavy atom. The van der Waals surface area contributed by atoms with Crippen LogP contribution in [-0.4, -0.2) is 5.11 Å². The molecule has 1 unspecified atom stereocenters. The lowest BCUT2D eigenvalue weighted by atomic mass is 9.98. The quantitative estimate of drug-likeness (QED) is 0.694. The zero-order chi connectivity index (χ0) is 14.2. The van der Waals surface area contributed by atoms with Gasteiger partial charge in [-0.15, -0.1) is 0 Å². The summed E-state index contributed by atoms with van der Waals surface area (Å²) in [5.41, 5.74) is 3.75. The Kier molecular flexibility index (Phi) is 4.72. The zero-order valence-corrected chi connectivity index (χ0v) is 14.5. The topological polar surface area (TPSA) is 20.2 Å². The van der Waals surface area contributed by atoms with Crippen molar-refractivity contribution in [2.75, 3.05) is 0 Å². The third-order valence-electron chi connectivity index (χ3n) is 3.16. The lowest BCUT2D eigenvalue weighted by Gasteiger charge is -2.17. The summed E-state index contributed by atoms with van der Waals surface area (Å²) >= 11 is 13.1. The molecule has 1 atom stereocenters. The fourth-order valence-electron chi connectivity index (χ4n) is 1.90. The molecule has 2 aromatic carbocycles. The third-order valence-corrected chi connectivity index (χ3v) is 4.70. The number of hydrogen-bond acceptors (Lipinski definition) is 1. The van der Waals surface area contributed by atoms with E-state index in [1.807, 2.05) is 44.2 Å². The van der Waals surface area contributed by atoms with E-state index < -0.39 is 6.10 Å². The minimum absolute atomic E-state index is 0.586. The molecule has 0 saturated heterocycles. The second kappa shape index (κ2) is 5.96. The molecule has 0 aliphatic heterocycles. The highest BCUT2D eigenvalue weighted by Crippen LogP contribution is 2.35. The number of benzene rings is 2. The molecular formula is C15H13Br2ClO. The molecule has 0 heterocycles. The van der Waals surface area contributed by atoms with Gasteiger partial charge in [-0.1, -0.05) is 49.5 Å². The Labute approximate surface area is 134 Å². The third kappa shape index (κ3) is 3.22. The van der Waals surface area contributed by atoms with Gasteiger partial charge in [0.05, 0.1) is 0 Å². The van der Waals surface area contributed by atoms with Gasteiger partial charge in [0, 0.05) is 25.1 Å². The van der Waals surface area contributed by atoms with Crippen molar-refractivity contribution in [3.63, 3.8) is 0 Å². The van der Waals surface area contributed by atoms with E-state index in [0.29, 0.717) is 5.02 Å². The van der Waals surface area contributed by atoms with E-state index in [1.165, 1.54) is 0 Å². The Balaban J connectivity index is 2.52. The van der Waals surface area contributed by atoms with Crippen molar-refractivity contribution in [2.45, 2.75) is 20.0 Å². The molecular weight excluding hydrogens is 391 g/mol. The van der Waals surface area contributed by atoms with Crippen LogP contribution in [0.1, 0.15) is 28.4 Å². The molecule has 0 aromatic heterocycles. The molecule has 0 amide bonds. The molecule has 0 aliphatic carbocycles. The van der Waals surface area contributed by atoms with Crippen LogP contribution >= 0.6 is 43.5 Å². The number of halogens is 3. The van der Waals surface area contributed by atoms with Gasteiger partial charge in [-0.2, -0.15) is 0 Å². The van der Waals surface area contributed by atoms with Crippen LogP contribution in [0.3, 0.4) is 0 Å². The highest BCUT2D eigenvalue weighted by molar-refractivity contribution is 9.11. The van der Waals surface area contributed by atoms with Crippen molar-refractivity contribution in [2.24, 2.45) is 0 Å². The molecule has 1 nitrogen and oxygen atoms in total. The molecule has 4 heteroatoms. The van der Waals surface area contributed by atoms with Gasteiger partial charge < -0.3 is 5.11 Å². The molecule has 0 aliphatic rings. The molecule has 0 fully saturated rings. The monoisotopic (exact) mass is 402 g/mol. The summed E-state index contributed by atoms with van der Waals surface area (Å²) in [4.78, 5) is 0. The highest BCUT2D eigenvalue weighted by Gasteiger charge is 2.18. The normalized spacial score (nSPS) is 12.5. The Morgan fingerprint density at radius 2 is 1.63 bits per heavy atom. The van der Waals surface area contributed by atoms with Crippen LogP contribution in [0, 0.1) is 13.8 Å². The average molecular weight is 405 g/mol. The largest absolute Gasteiger partial charge is 0.384 e. The maximum atomic E-state index is 10.6. The van der Waals surface area contributed by atoms with Crippen molar-refractivity contribution < 1.29 is 5.11 Å². The van der Waals surface area contributed by atoms with Crippen LogP contribution in [0.25, 0.3) is 0 Å². The van der Waals surface area contributed by atoms with E-state index in [4.69, 9.17) is 11.6 Å². The van der Waals surface area contributed by atoms with E-state index in [9.17, 15) is 5.11 Å². The maximum absolute atomic E-state index is 10.6. The SMILES string of the molecule is Cc1cc(Cl)c(C(O)c2cc(Br)ccc2Br)cc1C. The molecule has 1 N–H and O–H groups in total. The van der Waals surface area contributed by atoms with Crippen molar-refractivity contribution >= 4 is 43.5 Å². The molecule has 0 spiro atoms. The Bertz CT molecular complexity index is 626. The van der Waals surface area contributed by atoms with E-state index in [2.05, 4.69) is 31.9 Å². The Morgan fingerprint density at radius 1 is 1.00 bits per heavy atom. The number of aryl methyl sites for hydroxylation is 2. The van der Waals surface area contributed by atoms with Crippen LogP contribution in [0.5, 0.6) is 0 Å². The summed E-state index contributed by atoms with van der Waals surface area (Å²) in [6, 6.07) is 9.54. The predicted molar refractivity (Wildman–Crippen MR) is 86.8 cm³/mol. The summed E-state index contributed by atoms with van der Waals surface area (Å²) in [7, 11) is 0. The van der Waals surface area contributed by atoms with Crippen molar-refractivity contribution in [3.05, 3.63) is 66.6 Å². The first-order valence-electron chi connectivity index (χ1n) is 5.80. The summed E-state index contributed by atoms with van der Waals surface area (Å²) in [6.07, 6.45) is -0.751. The lowest BCUT2D eigenvalue weighted by Crippen LogP contribution is -2.03. The van der Waals surface area contributed by atoms with Crippen LogP contribution in [0.15, 0.2) is 39.3 Å². The fourth-order valence-corrected chi connectivity index (χ4v) is 3.07. The number of rotatable bonds is 2. The van der Waals surface area contributed by atoms with E-state index >= 15 is 0 Å². The first-order valence-corrected chi connectivity index (χ1v) is 7.76. The van der Waals surface area contributed by atoms with E-state index in [0.717, 1.165) is 31.2 Å². The van der Waals surface area contributed by atoms with Gasteiger partial charge in [0.1, 0.15) is 6.10 Å². The van der Waals surface area contributed by atoms with Gasteiger partial charge in [-0.25, -0.2) is 0 Å². The number of aliphatic hydroxyl groups excluding tert-OH is 1. The van der Waals surface area contributed by atoms with Crippen molar-refractivity contribution in [1.82, 2.24) is 0 Å². The van der Waals surface area contributed by atoms with Crippen LogP contribution in [-0.2, 0) is 0 Å². The molecule has 2 rings (SSSR count). The van der Waals surface area contributed by atoms with Gasteiger partial charge in [0.25, 0.3) is 0 Å².